The number of benzene rings is 1. The standard InChI is InChI=1S/C16H21FN4O2S/c1-2-24(22,23)19-9-15-12-20(11-14-7-8-18-21(14)15)10-13-5-3-4-6-16(13)17/h3-8,15,19H,2,9-12H2,1H3. The second-order valence-electron chi connectivity index (χ2n) is 5.93. The van der Waals surface area contributed by atoms with Gasteiger partial charge in [-0.2, -0.15) is 5.10 Å². The second-order valence-corrected chi connectivity index (χ2v) is 8.03. The summed E-state index contributed by atoms with van der Waals surface area (Å²) >= 11 is 0. The number of sulfonamides is 1. The zero-order valence-electron chi connectivity index (χ0n) is 13.5. The molecule has 0 amide bonds. The van der Waals surface area contributed by atoms with Crippen molar-refractivity contribution < 1.29 is 12.8 Å². The lowest BCUT2D eigenvalue weighted by molar-refractivity contribution is 0.166. The average molecular weight is 352 g/mol. The van der Waals surface area contributed by atoms with Gasteiger partial charge in [0.15, 0.2) is 0 Å². The summed E-state index contributed by atoms with van der Waals surface area (Å²) in [6.07, 6.45) is 1.71. The van der Waals surface area contributed by atoms with Gasteiger partial charge < -0.3 is 0 Å². The Balaban J connectivity index is 1.75. The van der Waals surface area contributed by atoms with Crippen molar-refractivity contribution in [2.75, 3.05) is 18.8 Å². The molecule has 0 fully saturated rings. The molecule has 0 saturated carbocycles. The van der Waals surface area contributed by atoms with Gasteiger partial charge in [-0.15, -0.1) is 0 Å². The topological polar surface area (TPSA) is 67.2 Å². The molecule has 2 heterocycles. The first kappa shape index (κ1) is 17.1. The Bertz CT molecular complexity index is 806. The molecule has 8 heteroatoms. The Labute approximate surface area is 141 Å². The lowest BCUT2D eigenvalue weighted by atomic mass is 10.1. The monoisotopic (exact) mass is 352 g/mol. The lowest BCUT2D eigenvalue weighted by Crippen LogP contribution is -2.43. The number of hydrogen-bond acceptors (Lipinski definition) is 4. The second kappa shape index (κ2) is 7.00. The first-order valence-electron chi connectivity index (χ1n) is 7.94. The van der Waals surface area contributed by atoms with Gasteiger partial charge in [-0.25, -0.2) is 17.5 Å². The predicted molar refractivity (Wildman–Crippen MR) is 89.2 cm³/mol. The van der Waals surface area contributed by atoms with Crippen molar-refractivity contribution in [3.05, 3.63) is 53.6 Å². The number of nitrogens with one attached hydrogen (secondary N) is 1. The number of rotatable bonds is 6. The van der Waals surface area contributed by atoms with Crippen molar-refractivity contribution in [3.8, 4) is 0 Å². The molecule has 1 N–H and O–H groups in total. The van der Waals surface area contributed by atoms with E-state index in [1.165, 1.54) is 6.07 Å². The summed E-state index contributed by atoms with van der Waals surface area (Å²) in [7, 11) is -3.26. The van der Waals surface area contributed by atoms with Crippen LogP contribution in [0.5, 0.6) is 0 Å². The maximum Gasteiger partial charge on any atom is 0.211 e. The molecule has 3 rings (SSSR count). The number of fused-ring (bicyclic) bond motifs is 1. The smallest absolute Gasteiger partial charge is 0.211 e. The van der Waals surface area contributed by atoms with Crippen LogP contribution in [0, 0.1) is 5.82 Å². The van der Waals surface area contributed by atoms with Crippen LogP contribution in [-0.2, 0) is 23.1 Å². The number of aromatic nitrogens is 2. The number of halogens is 1. The third-order valence-electron chi connectivity index (χ3n) is 4.22. The zero-order valence-corrected chi connectivity index (χ0v) is 14.3. The van der Waals surface area contributed by atoms with Crippen LogP contribution in [0.4, 0.5) is 4.39 Å². The van der Waals surface area contributed by atoms with Gasteiger partial charge in [0.25, 0.3) is 0 Å². The molecular formula is C16H21FN4O2S. The Hall–Kier alpha value is -1.77. The van der Waals surface area contributed by atoms with Crippen LogP contribution < -0.4 is 4.72 Å². The largest absolute Gasteiger partial charge is 0.291 e. The summed E-state index contributed by atoms with van der Waals surface area (Å²) in [5.41, 5.74) is 1.64. The fraction of sp³-hybridized carbons (Fsp3) is 0.438. The van der Waals surface area contributed by atoms with E-state index in [0.717, 1.165) is 5.69 Å². The molecule has 0 spiro atoms. The van der Waals surface area contributed by atoms with Gasteiger partial charge in [-0.05, 0) is 19.1 Å². The molecule has 0 radical (unpaired) electrons. The molecule has 24 heavy (non-hydrogen) atoms. The highest BCUT2D eigenvalue weighted by Gasteiger charge is 2.26. The maximum absolute atomic E-state index is 13.9. The van der Waals surface area contributed by atoms with Gasteiger partial charge in [0.1, 0.15) is 5.82 Å². The summed E-state index contributed by atoms with van der Waals surface area (Å²) in [5.74, 6) is -0.176. The summed E-state index contributed by atoms with van der Waals surface area (Å²) in [6, 6.07) is 8.52. The Morgan fingerprint density at radius 3 is 2.88 bits per heavy atom. The fourth-order valence-corrected chi connectivity index (χ4v) is 3.58. The molecule has 1 aliphatic heterocycles. The van der Waals surface area contributed by atoms with E-state index in [1.54, 1.807) is 25.3 Å². The molecule has 2 aromatic rings. The quantitative estimate of drug-likeness (QED) is 0.856. The molecule has 130 valence electrons. The van der Waals surface area contributed by atoms with Gasteiger partial charge in [0, 0.05) is 37.9 Å². The normalized spacial score (nSPS) is 18.5. The summed E-state index contributed by atoms with van der Waals surface area (Å²) in [6.45, 7) is 3.63. The van der Waals surface area contributed by atoms with Crippen LogP contribution in [0.2, 0.25) is 0 Å². The highest BCUT2D eigenvalue weighted by atomic mass is 32.2. The Kier molecular flexibility index (Phi) is 4.98. The van der Waals surface area contributed by atoms with Crippen LogP contribution in [-0.4, -0.2) is 41.9 Å². The van der Waals surface area contributed by atoms with Crippen molar-refractivity contribution in [2.45, 2.75) is 26.1 Å². The summed E-state index contributed by atoms with van der Waals surface area (Å²) in [5, 5.41) is 4.30. The van der Waals surface area contributed by atoms with Crippen molar-refractivity contribution in [1.82, 2.24) is 19.4 Å². The first-order valence-corrected chi connectivity index (χ1v) is 9.59. The van der Waals surface area contributed by atoms with Gasteiger partial charge in [-0.3, -0.25) is 9.58 Å². The van der Waals surface area contributed by atoms with Gasteiger partial charge >= 0.3 is 0 Å². The third kappa shape index (κ3) is 3.82. The highest BCUT2D eigenvalue weighted by molar-refractivity contribution is 7.89. The van der Waals surface area contributed by atoms with E-state index in [-0.39, 0.29) is 24.2 Å². The predicted octanol–water partition coefficient (Wildman–Crippen LogP) is 1.52. The van der Waals surface area contributed by atoms with Crippen LogP contribution in [0.1, 0.15) is 24.2 Å². The Morgan fingerprint density at radius 1 is 1.33 bits per heavy atom. The van der Waals surface area contributed by atoms with Gasteiger partial charge in [-0.1, -0.05) is 18.2 Å². The van der Waals surface area contributed by atoms with E-state index >= 15 is 0 Å². The van der Waals surface area contributed by atoms with E-state index in [2.05, 4.69) is 14.7 Å². The number of nitrogens with zero attached hydrogens (tertiary/aromatic N) is 3. The first-order chi connectivity index (χ1) is 11.5. The van der Waals surface area contributed by atoms with E-state index in [0.29, 0.717) is 25.2 Å². The van der Waals surface area contributed by atoms with Crippen LogP contribution in [0.25, 0.3) is 0 Å². The van der Waals surface area contributed by atoms with Gasteiger partial charge in [0.2, 0.25) is 10.0 Å². The zero-order chi connectivity index (χ0) is 17.2. The molecule has 1 aliphatic rings. The molecule has 0 aliphatic carbocycles. The van der Waals surface area contributed by atoms with Crippen molar-refractivity contribution in [1.29, 1.82) is 0 Å². The van der Waals surface area contributed by atoms with Crippen molar-refractivity contribution in [2.24, 2.45) is 0 Å². The average Bonchev–Trinajstić information content (AvgIpc) is 3.03. The van der Waals surface area contributed by atoms with Crippen LogP contribution in [0.3, 0.4) is 0 Å². The fourth-order valence-electron chi connectivity index (χ4n) is 2.93. The molecule has 6 nitrogen and oxygen atoms in total. The molecule has 1 aromatic carbocycles. The minimum Gasteiger partial charge on any atom is -0.291 e. The van der Waals surface area contributed by atoms with Crippen LogP contribution in [0.15, 0.2) is 36.5 Å². The van der Waals surface area contributed by atoms with Crippen molar-refractivity contribution in [3.63, 3.8) is 0 Å². The van der Waals surface area contributed by atoms with E-state index in [1.807, 2.05) is 16.8 Å². The van der Waals surface area contributed by atoms with E-state index < -0.39 is 10.0 Å². The van der Waals surface area contributed by atoms with E-state index in [4.69, 9.17) is 0 Å². The Morgan fingerprint density at radius 2 is 2.12 bits per heavy atom. The summed E-state index contributed by atoms with van der Waals surface area (Å²) in [4.78, 5) is 2.11. The third-order valence-corrected chi connectivity index (χ3v) is 5.59. The summed E-state index contributed by atoms with van der Waals surface area (Å²) < 4.78 is 41.8. The number of hydrogen-bond donors (Lipinski definition) is 1. The van der Waals surface area contributed by atoms with E-state index in [9.17, 15) is 12.8 Å². The highest BCUT2D eigenvalue weighted by Crippen LogP contribution is 2.22. The molecule has 1 atom stereocenters. The van der Waals surface area contributed by atoms with Crippen LogP contribution >= 0.6 is 0 Å². The molecule has 0 saturated heterocycles. The minimum atomic E-state index is -3.26. The molecule has 0 bridgehead atoms. The molecular weight excluding hydrogens is 331 g/mol. The SMILES string of the molecule is CCS(=O)(=O)NCC1CN(Cc2ccccc2F)Cc2ccnn21. The molecule has 1 unspecified atom stereocenters. The van der Waals surface area contributed by atoms with Crippen molar-refractivity contribution >= 4 is 10.0 Å². The maximum atomic E-state index is 13.9. The minimum absolute atomic E-state index is 0.0463. The molecule has 1 aromatic heterocycles. The van der Waals surface area contributed by atoms with Gasteiger partial charge in [0.05, 0.1) is 17.5 Å². The lowest BCUT2D eigenvalue weighted by Gasteiger charge is -2.34.